The van der Waals surface area contributed by atoms with Gasteiger partial charge in [0, 0.05) is 28.3 Å². The first kappa shape index (κ1) is 63.3. The van der Waals surface area contributed by atoms with E-state index in [1.807, 2.05) is 46.0 Å². The zero-order valence-corrected chi connectivity index (χ0v) is 50.2. The van der Waals surface area contributed by atoms with Gasteiger partial charge in [-0.25, -0.2) is 0 Å². The molecule has 0 unspecified atom stereocenters. The van der Waals surface area contributed by atoms with Gasteiger partial charge in [0.05, 0.1) is 22.4 Å². The summed E-state index contributed by atoms with van der Waals surface area (Å²) in [6.45, 7) is 41.1. The highest BCUT2D eigenvalue weighted by Gasteiger charge is 2.52. The second-order valence-electron chi connectivity index (χ2n) is 22.6. The molecule has 7 nitrogen and oxygen atoms in total. The normalized spacial score (nSPS) is 14.6. The summed E-state index contributed by atoms with van der Waals surface area (Å²) in [5.41, 5.74) is 17.8. The molecule has 1 fully saturated rings. The average molecular weight is 1030 g/mol. The second-order valence-corrected chi connectivity index (χ2v) is 22.6. The summed E-state index contributed by atoms with van der Waals surface area (Å²) in [4.78, 5) is 20.9. The third-order valence-electron chi connectivity index (χ3n) is 17.9. The highest BCUT2D eigenvalue weighted by atomic mass is 16.7. The lowest BCUT2D eigenvalue weighted by Crippen LogP contribution is -2.41. The molecule has 1 saturated heterocycles. The molecule has 1 aliphatic heterocycles. The Labute approximate surface area is 460 Å². The molecule has 0 radical (unpaired) electrons. The maximum Gasteiger partial charge on any atom is 0.495 e. The molecule has 0 bridgehead atoms. The van der Waals surface area contributed by atoms with Crippen LogP contribution >= 0.6 is 0 Å². The summed E-state index contributed by atoms with van der Waals surface area (Å²) in [7, 11) is -0.352. The molecule has 0 amide bonds. The van der Waals surface area contributed by atoms with E-state index in [0.717, 1.165) is 61.7 Å². The van der Waals surface area contributed by atoms with E-state index in [4.69, 9.17) is 18.9 Å². The Morgan fingerprint density at radius 3 is 1.17 bits per heavy atom. The molecule has 76 heavy (non-hydrogen) atoms. The number of hydrogen-bond donors (Lipinski definition) is 2. The Morgan fingerprint density at radius 1 is 0.513 bits per heavy atom. The monoisotopic (exact) mass is 1030 g/mol. The Kier molecular flexibility index (Phi) is 22.0. The van der Waals surface area contributed by atoms with E-state index in [1.54, 1.807) is 0 Å². The Balaban J connectivity index is 0.000000312. The Hall–Kier alpha value is -5.21. The fourth-order valence-corrected chi connectivity index (χ4v) is 11.3. The van der Waals surface area contributed by atoms with Crippen LogP contribution < -0.4 is 5.46 Å². The van der Waals surface area contributed by atoms with E-state index in [0.29, 0.717) is 12.8 Å². The molecule has 5 aromatic rings. The minimum atomic E-state index is -0.740. The van der Waals surface area contributed by atoms with Crippen molar-refractivity contribution in [1.82, 2.24) is 4.98 Å². The molecule has 2 N–H and O–H groups in total. The summed E-state index contributed by atoms with van der Waals surface area (Å²) in [6, 6.07) is 27.6. The molecule has 0 spiro atoms. The highest BCUT2D eigenvalue weighted by molar-refractivity contribution is 6.63. The highest BCUT2D eigenvalue weighted by Crippen LogP contribution is 2.44. The number of rotatable bonds is 19. The molecular weight excluding hydrogens is 938 g/mol. The van der Waals surface area contributed by atoms with Gasteiger partial charge in [-0.2, -0.15) is 9.59 Å². The van der Waals surface area contributed by atoms with Crippen LogP contribution in [-0.2, 0) is 36.1 Å². The minimum Gasteiger partial charge on any atom is -0.399 e. The molecule has 4 aromatic carbocycles. The number of aromatic nitrogens is 1. The molecule has 0 aliphatic carbocycles. The van der Waals surface area contributed by atoms with Crippen molar-refractivity contribution in [1.29, 1.82) is 0 Å². The zero-order valence-electron chi connectivity index (χ0n) is 50.2. The summed E-state index contributed by atoms with van der Waals surface area (Å²) in [6.07, 6.45) is 18.3. The first-order chi connectivity index (χ1) is 35.8. The van der Waals surface area contributed by atoms with Crippen LogP contribution in [0, 0.1) is 41.5 Å². The number of hydrogen-bond acceptors (Lipinski definition) is 7. The summed E-state index contributed by atoms with van der Waals surface area (Å²) < 4.78 is 12.8. The van der Waals surface area contributed by atoms with Gasteiger partial charge in [0.2, 0.25) is 0 Å². The lowest BCUT2D eigenvalue weighted by atomic mass is 9.66. The first-order valence-electron chi connectivity index (χ1n) is 28.4. The van der Waals surface area contributed by atoms with Crippen molar-refractivity contribution in [3.63, 3.8) is 0 Å². The van der Waals surface area contributed by atoms with E-state index in [9.17, 15) is 10.2 Å². The van der Waals surface area contributed by atoms with E-state index >= 15 is 0 Å². The lowest BCUT2D eigenvalue weighted by molar-refractivity contribution is -0.191. The van der Waals surface area contributed by atoms with Gasteiger partial charge >= 0.3 is 13.3 Å². The van der Waals surface area contributed by atoms with Crippen LogP contribution in [0.5, 0.6) is 0 Å². The van der Waals surface area contributed by atoms with Gasteiger partial charge in [0.25, 0.3) is 0 Å². The molecule has 8 heteroatoms. The number of benzene rings is 4. The minimum absolute atomic E-state index is 0.0427. The van der Waals surface area contributed by atoms with Crippen molar-refractivity contribution in [2.24, 2.45) is 0 Å². The van der Waals surface area contributed by atoms with E-state index < -0.39 is 11.2 Å². The Bertz CT molecular complexity index is 2750. The van der Waals surface area contributed by atoms with Crippen LogP contribution in [-0.4, -0.2) is 50.9 Å². The van der Waals surface area contributed by atoms with Gasteiger partial charge in [-0.1, -0.05) is 164 Å². The summed E-state index contributed by atoms with van der Waals surface area (Å²) in [5, 5.41) is 21.4. The Morgan fingerprint density at radius 2 is 0.868 bits per heavy atom. The number of nitrogens with zero attached hydrogens (tertiary/aromatic N) is 1. The molecule has 2 heterocycles. The molecule has 0 saturated carbocycles. The molecule has 410 valence electrons. The van der Waals surface area contributed by atoms with Crippen molar-refractivity contribution >= 4 is 30.9 Å². The van der Waals surface area contributed by atoms with E-state index in [2.05, 4.69) is 194 Å². The van der Waals surface area contributed by atoms with Crippen molar-refractivity contribution in [3.05, 3.63) is 164 Å². The first-order valence-corrected chi connectivity index (χ1v) is 28.4. The largest absolute Gasteiger partial charge is 0.495 e. The smallest absolute Gasteiger partial charge is 0.399 e. The molecule has 6 rings (SSSR count). The van der Waals surface area contributed by atoms with Crippen molar-refractivity contribution in [2.75, 3.05) is 0 Å². The van der Waals surface area contributed by atoms with E-state index in [-0.39, 0.29) is 35.3 Å². The fourth-order valence-electron chi connectivity index (χ4n) is 11.3. The van der Waals surface area contributed by atoms with Crippen LogP contribution in [0.1, 0.15) is 214 Å². The quantitative estimate of drug-likeness (QED) is 0.0794. The standard InChI is InChI=1S/C34H45NO.C33H49BO3.CO2/c1-9-31-17-15-28(23-35-31)32-25(7)21-30(22-26(32)8)34(12-4,13-5)29-16-14-27(24(6)20-29)18-19-33(36,10-2)11-3;1-12-32(35,13-2)19-18-26-16-17-27(20-23(26)5)33(14-3,15-4)28-21-24(6)29(25(7)22-28)34-36-30(8,9)31(10,11)37-34;2-1-3/h14-23,36H,9-13H2,1-8H3;16-22,35H,12-15H2,1-11H3;/b2*19-18+;. The number of pyridine rings is 1. The average Bonchev–Trinajstić information content (AvgIpc) is 3.61. The summed E-state index contributed by atoms with van der Waals surface area (Å²) >= 11 is 0. The summed E-state index contributed by atoms with van der Waals surface area (Å²) in [5.74, 6) is 0. The maximum atomic E-state index is 10.7. The predicted molar refractivity (Wildman–Crippen MR) is 319 cm³/mol. The van der Waals surface area contributed by atoms with Gasteiger partial charge in [-0.3, -0.25) is 4.98 Å². The van der Waals surface area contributed by atoms with E-state index in [1.165, 1.54) is 72.3 Å². The van der Waals surface area contributed by atoms with Crippen LogP contribution in [0.3, 0.4) is 0 Å². The third-order valence-corrected chi connectivity index (χ3v) is 17.9. The molecule has 1 aliphatic rings. The number of aliphatic hydroxyl groups is 2. The van der Waals surface area contributed by atoms with Crippen LogP contribution in [0.15, 0.2) is 91.1 Å². The van der Waals surface area contributed by atoms with Crippen molar-refractivity contribution in [2.45, 2.75) is 223 Å². The lowest BCUT2D eigenvalue weighted by Gasteiger charge is -2.35. The van der Waals surface area contributed by atoms with Gasteiger partial charge < -0.3 is 19.5 Å². The van der Waals surface area contributed by atoms with Crippen molar-refractivity contribution in [3.8, 4) is 11.1 Å². The van der Waals surface area contributed by atoms with Gasteiger partial charge in [-0.05, 0) is 200 Å². The van der Waals surface area contributed by atoms with Gasteiger partial charge in [0.1, 0.15) is 0 Å². The molecule has 0 atom stereocenters. The zero-order chi connectivity index (χ0) is 57.0. The SMILES string of the molecule is CCC(O)(/C=C/c1ccc(C(CC)(CC)c2cc(C)c(B3OC(C)(C)C(C)(C)O3)c(C)c2)cc1C)CC.CCc1ccc(-c2c(C)cc(C(CC)(CC)c3ccc(/C=C/C(O)(CC)CC)c(C)c3)cc2C)cn1.O=C=O. The molecule has 1 aromatic heterocycles. The number of carbonyl (C=O) groups excluding carboxylic acids is 2. The predicted octanol–water partition coefficient (Wildman–Crippen LogP) is 15.9. The fraction of sp³-hybridized carbons (Fsp3) is 0.500. The van der Waals surface area contributed by atoms with Crippen LogP contribution in [0.4, 0.5) is 0 Å². The number of aryl methyl sites for hydroxylation is 7. The van der Waals surface area contributed by atoms with Gasteiger partial charge in [0.15, 0.2) is 0 Å². The third kappa shape index (κ3) is 13.7. The van der Waals surface area contributed by atoms with Crippen molar-refractivity contribution < 1.29 is 29.1 Å². The second kappa shape index (κ2) is 26.4. The maximum absolute atomic E-state index is 10.7. The van der Waals surface area contributed by atoms with Crippen LogP contribution in [0.2, 0.25) is 0 Å². The molecular formula is C68H94BNO6. The van der Waals surface area contributed by atoms with Crippen LogP contribution in [0.25, 0.3) is 23.3 Å². The van der Waals surface area contributed by atoms with Gasteiger partial charge in [-0.15, -0.1) is 0 Å². The topological polar surface area (TPSA) is 106 Å².